The molecule has 1 fully saturated rings. The lowest BCUT2D eigenvalue weighted by Crippen LogP contribution is -2.55. The average molecular weight is 314 g/mol. The van der Waals surface area contributed by atoms with E-state index >= 15 is 0 Å². The molecule has 1 aliphatic rings. The number of aromatic nitrogens is 1. The van der Waals surface area contributed by atoms with Gasteiger partial charge in [-0.3, -0.25) is 4.79 Å². The van der Waals surface area contributed by atoms with Gasteiger partial charge < -0.3 is 15.0 Å². The molecule has 1 aliphatic carbocycles. The van der Waals surface area contributed by atoms with Gasteiger partial charge in [-0.25, -0.2) is 4.79 Å². The van der Waals surface area contributed by atoms with Gasteiger partial charge in [0.25, 0.3) is 5.91 Å². The van der Waals surface area contributed by atoms with E-state index in [-0.39, 0.29) is 5.91 Å². The zero-order chi connectivity index (χ0) is 16.4. The van der Waals surface area contributed by atoms with E-state index in [1.54, 1.807) is 0 Å². The quantitative estimate of drug-likeness (QED) is 0.910. The van der Waals surface area contributed by atoms with Gasteiger partial charge in [0.15, 0.2) is 0 Å². The van der Waals surface area contributed by atoms with Crippen LogP contribution in [0.2, 0.25) is 0 Å². The Morgan fingerprint density at radius 2 is 1.91 bits per heavy atom. The third-order valence-electron chi connectivity index (χ3n) is 4.84. The van der Waals surface area contributed by atoms with Gasteiger partial charge in [0.2, 0.25) is 0 Å². The van der Waals surface area contributed by atoms with E-state index in [1.165, 1.54) is 0 Å². The van der Waals surface area contributed by atoms with E-state index in [9.17, 15) is 14.7 Å². The summed E-state index contributed by atoms with van der Waals surface area (Å²) in [4.78, 5) is 24.5. The highest BCUT2D eigenvalue weighted by atomic mass is 16.4. The second kappa shape index (κ2) is 6.07. The number of hydrogen-bond donors (Lipinski definition) is 2. The number of rotatable bonds is 4. The van der Waals surface area contributed by atoms with Crippen LogP contribution in [-0.2, 0) is 11.3 Å². The van der Waals surface area contributed by atoms with Gasteiger partial charge in [0, 0.05) is 23.6 Å². The molecule has 0 atom stereocenters. The van der Waals surface area contributed by atoms with Gasteiger partial charge in [-0.15, -0.1) is 0 Å². The number of amides is 1. The molecule has 0 aliphatic heterocycles. The Bertz CT molecular complexity index is 742. The Kier molecular flexibility index (Phi) is 4.11. The normalized spacial score (nSPS) is 17.1. The molecule has 1 aromatic heterocycles. The fraction of sp³-hybridized carbons (Fsp3) is 0.444. The number of nitrogens with one attached hydrogen (secondary N) is 1. The van der Waals surface area contributed by atoms with Crippen LogP contribution < -0.4 is 5.32 Å². The number of aliphatic carboxylic acids is 1. The number of fused-ring (bicyclic) bond motifs is 1. The lowest BCUT2D eigenvalue weighted by atomic mass is 9.81. The summed E-state index contributed by atoms with van der Waals surface area (Å²) >= 11 is 0. The number of carboxylic acid groups (broad SMARTS) is 1. The van der Waals surface area contributed by atoms with Crippen molar-refractivity contribution in [2.45, 2.75) is 51.1 Å². The van der Waals surface area contributed by atoms with Crippen molar-refractivity contribution >= 4 is 22.8 Å². The van der Waals surface area contributed by atoms with E-state index in [2.05, 4.69) is 5.32 Å². The van der Waals surface area contributed by atoms with Gasteiger partial charge >= 0.3 is 5.97 Å². The van der Waals surface area contributed by atoms with Crippen LogP contribution in [0, 0.1) is 0 Å². The molecular weight excluding hydrogens is 292 g/mol. The Morgan fingerprint density at radius 1 is 1.22 bits per heavy atom. The van der Waals surface area contributed by atoms with E-state index in [0.29, 0.717) is 18.4 Å². The second-order valence-corrected chi connectivity index (χ2v) is 6.25. The van der Waals surface area contributed by atoms with Crippen molar-refractivity contribution in [3.8, 4) is 0 Å². The summed E-state index contributed by atoms with van der Waals surface area (Å²) in [7, 11) is 0. The van der Waals surface area contributed by atoms with Crippen molar-refractivity contribution in [3.63, 3.8) is 0 Å². The van der Waals surface area contributed by atoms with E-state index in [0.717, 1.165) is 36.7 Å². The van der Waals surface area contributed by atoms with Crippen LogP contribution in [0.4, 0.5) is 0 Å². The van der Waals surface area contributed by atoms with Gasteiger partial charge in [-0.05, 0) is 25.8 Å². The average Bonchev–Trinajstić information content (AvgIpc) is 2.94. The second-order valence-electron chi connectivity index (χ2n) is 6.25. The first kappa shape index (κ1) is 15.6. The molecule has 5 heteroatoms. The van der Waals surface area contributed by atoms with Crippen molar-refractivity contribution in [1.29, 1.82) is 0 Å². The number of para-hydroxylation sites is 1. The van der Waals surface area contributed by atoms with Crippen LogP contribution in [0.1, 0.15) is 49.4 Å². The maximum absolute atomic E-state index is 12.8. The molecule has 2 aromatic rings. The molecule has 2 N–H and O–H groups in total. The van der Waals surface area contributed by atoms with Crippen LogP contribution in [-0.4, -0.2) is 27.1 Å². The van der Waals surface area contributed by atoms with Gasteiger partial charge in [-0.1, -0.05) is 37.5 Å². The Labute approximate surface area is 135 Å². The van der Waals surface area contributed by atoms with Crippen molar-refractivity contribution < 1.29 is 14.7 Å². The molecule has 0 spiro atoms. The largest absolute Gasteiger partial charge is 0.480 e. The zero-order valence-corrected chi connectivity index (χ0v) is 13.3. The lowest BCUT2D eigenvalue weighted by Gasteiger charge is -2.33. The van der Waals surface area contributed by atoms with Crippen LogP contribution >= 0.6 is 0 Å². The Balaban J connectivity index is 1.95. The number of aryl methyl sites for hydroxylation is 1. The number of carbonyl (C=O) groups excluding carboxylic acids is 1. The lowest BCUT2D eigenvalue weighted by molar-refractivity contribution is -0.145. The highest BCUT2D eigenvalue weighted by molar-refractivity contribution is 6.08. The SMILES string of the molecule is CCn1cc(C(=O)NC2(C(=O)O)CCCCC2)c2ccccc21. The molecule has 1 saturated carbocycles. The number of carboxylic acids is 1. The van der Waals surface area contributed by atoms with Crippen molar-refractivity contribution in [3.05, 3.63) is 36.0 Å². The predicted molar refractivity (Wildman–Crippen MR) is 88.5 cm³/mol. The molecule has 122 valence electrons. The molecule has 1 aromatic carbocycles. The minimum absolute atomic E-state index is 0.294. The topological polar surface area (TPSA) is 71.3 Å². The molecule has 0 radical (unpaired) electrons. The zero-order valence-electron chi connectivity index (χ0n) is 13.3. The number of hydrogen-bond acceptors (Lipinski definition) is 2. The summed E-state index contributed by atoms with van der Waals surface area (Å²) in [5.74, 6) is -1.22. The van der Waals surface area contributed by atoms with Crippen molar-refractivity contribution in [2.24, 2.45) is 0 Å². The van der Waals surface area contributed by atoms with E-state index < -0.39 is 11.5 Å². The summed E-state index contributed by atoms with van der Waals surface area (Å²) in [5, 5.41) is 13.3. The van der Waals surface area contributed by atoms with Crippen LogP contribution in [0.15, 0.2) is 30.5 Å². The summed E-state index contributed by atoms with van der Waals surface area (Å²) in [6.07, 6.45) is 5.52. The monoisotopic (exact) mass is 314 g/mol. The molecule has 1 heterocycles. The van der Waals surface area contributed by atoms with Crippen molar-refractivity contribution in [1.82, 2.24) is 9.88 Å². The first-order valence-electron chi connectivity index (χ1n) is 8.21. The standard InChI is InChI=1S/C18H22N2O3/c1-2-20-12-14(13-8-4-5-9-15(13)20)16(21)19-18(17(22)23)10-6-3-7-11-18/h4-5,8-9,12H,2-3,6-7,10-11H2,1H3,(H,19,21)(H,22,23). The van der Waals surface area contributed by atoms with Gasteiger partial charge in [-0.2, -0.15) is 0 Å². The first-order chi connectivity index (χ1) is 11.1. The number of carbonyl (C=O) groups is 2. The van der Waals surface area contributed by atoms with E-state index in [4.69, 9.17) is 0 Å². The summed E-state index contributed by atoms with van der Waals surface area (Å²) in [6, 6.07) is 7.72. The number of benzene rings is 1. The maximum Gasteiger partial charge on any atom is 0.329 e. The molecule has 3 rings (SSSR count). The highest BCUT2D eigenvalue weighted by Crippen LogP contribution is 2.30. The molecule has 0 bridgehead atoms. The van der Waals surface area contributed by atoms with Crippen molar-refractivity contribution in [2.75, 3.05) is 0 Å². The molecule has 5 nitrogen and oxygen atoms in total. The number of nitrogens with zero attached hydrogens (tertiary/aromatic N) is 1. The molecule has 23 heavy (non-hydrogen) atoms. The molecule has 1 amide bonds. The van der Waals surface area contributed by atoms with E-state index in [1.807, 2.05) is 42.0 Å². The maximum atomic E-state index is 12.8. The molecule has 0 unspecified atom stereocenters. The predicted octanol–water partition coefficient (Wildman–Crippen LogP) is 3.18. The molecular formula is C18H22N2O3. The minimum atomic E-state index is -1.12. The Hall–Kier alpha value is -2.30. The van der Waals surface area contributed by atoms with Crippen LogP contribution in [0.25, 0.3) is 10.9 Å². The fourth-order valence-electron chi connectivity index (χ4n) is 3.52. The highest BCUT2D eigenvalue weighted by Gasteiger charge is 2.41. The smallest absolute Gasteiger partial charge is 0.329 e. The van der Waals surface area contributed by atoms with Gasteiger partial charge in [0.05, 0.1) is 5.56 Å². The summed E-state index contributed by atoms with van der Waals surface area (Å²) in [5.41, 5.74) is 0.423. The first-order valence-corrected chi connectivity index (χ1v) is 8.21. The van der Waals surface area contributed by atoms with Crippen LogP contribution in [0.3, 0.4) is 0 Å². The Morgan fingerprint density at radius 3 is 2.57 bits per heavy atom. The van der Waals surface area contributed by atoms with Gasteiger partial charge in [0.1, 0.15) is 5.54 Å². The summed E-state index contributed by atoms with van der Waals surface area (Å²) < 4.78 is 2.01. The minimum Gasteiger partial charge on any atom is -0.480 e. The summed E-state index contributed by atoms with van der Waals surface area (Å²) in [6.45, 7) is 2.78. The van der Waals surface area contributed by atoms with Crippen LogP contribution in [0.5, 0.6) is 0 Å². The fourth-order valence-corrected chi connectivity index (χ4v) is 3.52. The third-order valence-corrected chi connectivity index (χ3v) is 4.84. The molecule has 0 saturated heterocycles. The third kappa shape index (κ3) is 2.71.